The molecule has 50 heavy (non-hydrogen) atoms. The van der Waals surface area contributed by atoms with Crippen LogP contribution in [0, 0.1) is 0 Å². The molecule has 0 aliphatic heterocycles. The van der Waals surface area contributed by atoms with Crippen molar-refractivity contribution in [3.05, 3.63) is 12.2 Å². The minimum absolute atomic E-state index is 0.0156. The normalized spacial score (nSPS) is 13.4. The topological polar surface area (TPSA) is 120 Å². The lowest BCUT2D eigenvalue weighted by molar-refractivity contribution is -0.161. The molecule has 0 bridgehead atoms. The predicted octanol–water partition coefficient (Wildman–Crippen LogP) is 11.3. The van der Waals surface area contributed by atoms with Crippen molar-refractivity contribution < 1.29 is 37.6 Å². The predicted molar refractivity (Wildman–Crippen MR) is 206 cm³/mol. The average Bonchev–Trinajstić information content (AvgIpc) is 3.09. The molecule has 1 unspecified atom stereocenters. The van der Waals surface area contributed by atoms with Crippen molar-refractivity contribution in [1.29, 1.82) is 0 Å². The van der Waals surface area contributed by atoms with Crippen molar-refractivity contribution in [1.82, 2.24) is 5.32 Å². The second kappa shape index (κ2) is 37.5. The summed E-state index contributed by atoms with van der Waals surface area (Å²) in [7, 11) is -2.64. The lowest BCUT2D eigenvalue weighted by Crippen LogP contribution is -2.29. The summed E-state index contributed by atoms with van der Waals surface area (Å²) in [6, 6.07) is 0. The van der Waals surface area contributed by atoms with E-state index >= 15 is 0 Å². The van der Waals surface area contributed by atoms with E-state index in [1.54, 1.807) is 7.05 Å². The Labute approximate surface area is 307 Å². The lowest BCUT2D eigenvalue weighted by Gasteiger charge is -2.20. The number of nitrogens with one attached hydrogen (secondary N) is 1. The Bertz CT molecular complexity index is 840. The summed E-state index contributed by atoms with van der Waals surface area (Å²) < 4.78 is 33.1. The van der Waals surface area contributed by atoms with Crippen molar-refractivity contribution in [2.45, 2.75) is 200 Å². The first kappa shape index (κ1) is 48.8. The van der Waals surface area contributed by atoms with Crippen molar-refractivity contribution in [3.63, 3.8) is 0 Å². The van der Waals surface area contributed by atoms with Crippen LogP contribution in [0.5, 0.6) is 0 Å². The molecule has 0 aromatic carbocycles. The summed E-state index contributed by atoms with van der Waals surface area (Å²) in [5, 5.41) is 2.82. The zero-order valence-corrected chi connectivity index (χ0v) is 33.5. The van der Waals surface area contributed by atoms with Gasteiger partial charge in [-0.25, -0.2) is 4.57 Å². The van der Waals surface area contributed by atoms with Gasteiger partial charge >= 0.3 is 19.8 Å². The van der Waals surface area contributed by atoms with E-state index in [-0.39, 0.29) is 25.6 Å². The first-order valence-corrected chi connectivity index (χ1v) is 22.1. The van der Waals surface area contributed by atoms with Crippen LogP contribution in [0.15, 0.2) is 12.2 Å². The van der Waals surface area contributed by atoms with Crippen LogP contribution in [0.3, 0.4) is 0 Å². The molecule has 0 amide bonds. The maximum Gasteiger partial charge on any atom is 0.472 e. The van der Waals surface area contributed by atoms with Crippen molar-refractivity contribution in [3.8, 4) is 0 Å². The van der Waals surface area contributed by atoms with E-state index in [9.17, 15) is 19.0 Å². The van der Waals surface area contributed by atoms with Gasteiger partial charge in [-0.05, 0) is 45.6 Å². The first-order valence-electron chi connectivity index (χ1n) is 20.6. The van der Waals surface area contributed by atoms with E-state index in [2.05, 4.69) is 31.3 Å². The van der Waals surface area contributed by atoms with Gasteiger partial charge in [0, 0.05) is 19.4 Å². The van der Waals surface area contributed by atoms with Crippen LogP contribution >= 0.6 is 7.82 Å². The van der Waals surface area contributed by atoms with E-state index in [0.717, 1.165) is 51.4 Å². The van der Waals surface area contributed by atoms with Gasteiger partial charge in [0.1, 0.15) is 6.61 Å². The summed E-state index contributed by atoms with van der Waals surface area (Å²) in [5.41, 5.74) is 0. The van der Waals surface area contributed by atoms with Crippen LogP contribution in [0.4, 0.5) is 0 Å². The number of allylic oxidation sites excluding steroid dienone is 2. The zero-order valence-electron chi connectivity index (χ0n) is 32.6. The third-order valence-electron chi connectivity index (χ3n) is 8.89. The fourth-order valence-electron chi connectivity index (χ4n) is 5.72. The number of hydrogen-bond donors (Lipinski definition) is 2. The Morgan fingerprint density at radius 2 is 1.02 bits per heavy atom. The molecule has 0 fully saturated rings. The molecular formula is C40H78NO8P. The number of rotatable bonds is 39. The summed E-state index contributed by atoms with van der Waals surface area (Å²) in [4.78, 5) is 34.9. The van der Waals surface area contributed by atoms with Gasteiger partial charge in [-0.3, -0.25) is 18.6 Å². The molecule has 0 spiro atoms. The highest BCUT2D eigenvalue weighted by Crippen LogP contribution is 2.43. The summed E-state index contributed by atoms with van der Waals surface area (Å²) in [5.74, 6) is -0.809. The largest absolute Gasteiger partial charge is 0.472 e. The molecule has 0 aromatic heterocycles. The standard InChI is InChI=1S/C40H78NO8P/c1-4-6-8-10-12-14-16-18-19-21-23-25-27-29-31-33-40(43)49-38(37-48-50(44,45)47-35-34-41-3)36-46-39(42)32-30-28-26-24-22-20-17-15-13-11-9-7-5-2/h18-19,38,41H,4-17,20-37H2,1-3H3,(H,44,45)/b19-18-/t38-/m0/s1. The van der Waals surface area contributed by atoms with Gasteiger partial charge in [-0.15, -0.1) is 0 Å². The second-order valence-electron chi connectivity index (χ2n) is 13.8. The van der Waals surface area contributed by atoms with Crippen LogP contribution in [-0.2, 0) is 32.7 Å². The number of phosphoric acid groups is 1. The molecule has 296 valence electrons. The maximum absolute atomic E-state index is 12.6. The van der Waals surface area contributed by atoms with Crippen LogP contribution < -0.4 is 5.32 Å². The molecule has 2 atom stereocenters. The Morgan fingerprint density at radius 3 is 1.48 bits per heavy atom. The molecule has 10 heteroatoms. The fraction of sp³-hybridized carbons (Fsp3) is 0.900. The van der Waals surface area contributed by atoms with Crippen molar-refractivity contribution in [2.75, 3.05) is 33.4 Å². The quantitative estimate of drug-likeness (QED) is 0.0275. The Hall–Kier alpha value is -1.25. The first-order chi connectivity index (χ1) is 24.3. The molecule has 0 saturated carbocycles. The number of esters is 2. The maximum atomic E-state index is 12.6. The number of phosphoric ester groups is 1. The number of ether oxygens (including phenoxy) is 2. The zero-order chi connectivity index (χ0) is 36.8. The van der Waals surface area contributed by atoms with Crippen molar-refractivity contribution in [2.24, 2.45) is 0 Å². The minimum atomic E-state index is -4.34. The van der Waals surface area contributed by atoms with Gasteiger partial charge in [0.15, 0.2) is 6.10 Å². The highest BCUT2D eigenvalue weighted by molar-refractivity contribution is 7.47. The smallest absolute Gasteiger partial charge is 0.462 e. The molecule has 2 N–H and O–H groups in total. The monoisotopic (exact) mass is 732 g/mol. The van der Waals surface area contributed by atoms with Crippen LogP contribution in [0.1, 0.15) is 194 Å². The molecule has 0 aromatic rings. The summed E-state index contributed by atoms with van der Waals surface area (Å²) >= 11 is 0. The van der Waals surface area contributed by atoms with Crippen LogP contribution in [0.25, 0.3) is 0 Å². The molecule has 0 saturated heterocycles. The van der Waals surface area contributed by atoms with E-state index in [0.29, 0.717) is 19.4 Å². The van der Waals surface area contributed by atoms with Gasteiger partial charge in [0.05, 0.1) is 13.2 Å². The second-order valence-corrected chi connectivity index (χ2v) is 15.3. The number of carbonyl (C=O) groups is 2. The Balaban J connectivity index is 4.25. The van der Waals surface area contributed by atoms with Crippen LogP contribution in [0.2, 0.25) is 0 Å². The van der Waals surface area contributed by atoms with Gasteiger partial charge in [-0.2, -0.15) is 0 Å². The van der Waals surface area contributed by atoms with Gasteiger partial charge in [0.2, 0.25) is 0 Å². The molecular weight excluding hydrogens is 653 g/mol. The van der Waals surface area contributed by atoms with E-state index in [1.807, 2.05) is 0 Å². The van der Waals surface area contributed by atoms with Gasteiger partial charge in [-0.1, -0.05) is 154 Å². The highest BCUT2D eigenvalue weighted by Gasteiger charge is 2.26. The van der Waals surface area contributed by atoms with Crippen LogP contribution in [-0.4, -0.2) is 56.3 Å². The molecule has 0 rings (SSSR count). The molecule has 0 heterocycles. The van der Waals surface area contributed by atoms with E-state index in [1.165, 1.54) is 109 Å². The number of unbranched alkanes of at least 4 members (excludes halogenated alkanes) is 23. The summed E-state index contributed by atoms with van der Waals surface area (Å²) in [6.07, 6.45) is 35.3. The average molecular weight is 732 g/mol. The molecule has 9 nitrogen and oxygen atoms in total. The molecule has 0 aliphatic rings. The molecule has 0 radical (unpaired) electrons. The highest BCUT2D eigenvalue weighted by atomic mass is 31.2. The third kappa shape index (κ3) is 36.5. The fourth-order valence-corrected chi connectivity index (χ4v) is 6.48. The van der Waals surface area contributed by atoms with Gasteiger partial charge < -0.3 is 19.7 Å². The Kier molecular flexibility index (Phi) is 36.6. The molecule has 0 aliphatic carbocycles. The SMILES string of the molecule is CCCCCCCC/C=C\CCCCCCCC(=O)O[C@@H](COC(=O)CCCCCCCCCCCCCCC)COP(=O)(O)OCCNC. The minimum Gasteiger partial charge on any atom is -0.462 e. The lowest BCUT2D eigenvalue weighted by atomic mass is 10.0. The number of likely N-dealkylation sites (N-methyl/N-ethyl adjacent to an activating group) is 1. The Morgan fingerprint density at radius 1 is 0.600 bits per heavy atom. The number of hydrogen-bond acceptors (Lipinski definition) is 8. The van der Waals surface area contributed by atoms with Gasteiger partial charge in [0.25, 0.3) is 0 Å². The number of carbonyl (C=O) groups excluding carboxylic acids is 2. The summed E-state index contributed by atoms with van der Waals surface area (Å²) in [6.45, 7) is 4.22. The third-order valence-corrected chi connectivity index (χ3v) is 9.87. The van der Waals surface area contributed by atoms with E-state index < -0.39 is 26.5 Å². The van der Waals surface area contributed by atoms with E-state index in [4.69, 9.17) is 18.5 Å². The van der Waals surface area contributed by atoms with Crippen molar-refractivity contribution >= 4 is 19.8 Å².